The highest BCUT2D eigenvalue weighted by molar-refractivity contribution is 5.83. The van der Waals surface area contributed by atoms with Crippen LogP contribution in [0.3, 0.4) is 0 Å². The van der Waals surface area contributed by atoms with Crippen LogP contribution in [0.5, 0.6) is 0 Å². The Kier molecular flexibility index (Phi) is 3.49. The zero-order valence-corrected chi connectivity index (χ0v) is 12.5. The first-order valence-electron chi connectivity index (χ1n) is 8.88. The van der Waals surface area contributed by atoms with Crippen molar-refractivity contribution in [3.8, 4) is 0 Å². The van der Waals surface area contributed by atoms with E-state index in [1.165, 1.54) is 57.8 Å². The number of carbonyl (C=O) groups is 1. The summed E-state index contributed by atoms with van der Waals surface area (Å²) in [5.74, 6) is 2.46. The smallest absolute Gasteiger partial charge is 0.226 e. The van der Waals surface area contributed by atoms with Crippen molar-refractivity contribution in [2.45, 2.75) is 69.9 Å². The summed E-state index contributed by atoms with van der Waals surface area (Å²) < 4.78 is 0. The number of carbonyl (C=O) groups excluding carboxylic acids is 1. The fourth-order valence-corrected chi connectivity index (χ4v) is 4.67. The number of hydrogen-bond donors (Lipinski definition) is 1. The molecular formula is C17H28N2O. The van der Waals surface area contributed by atoms with Crippen molar-refractivity contribution in [1.82, 2.24) is 10.2 Å². The van der Waals surface area contributed by atoms with E-state index in [1.807, 2.05) is 0 Å². The van der Waals surface area contributed by atoms with Crippen LogP contribution in [0.15, 0.2) is 0 Å². The van der Waals surface area contributed by atoms with Gasteiger partial charge in [0.25, 0.3) is 0 Å². The van der Waals surface area contributed by atoms with Gasteiger partial charge in [0.05, 0.1) is 0 Å². The highest BCUT2D eigenvalue weighted by Gasteiger charge is 2.56. The van der Waals surface area contributed by atoms with Gasteiger partial charge in [-0.15, -0.1) is 0 Å². The first kappa shape index (κ1) is 13.1. The van der Waals surface area contributed by atoms with Gasteiger partial charge >= 0.3 is 0 Å². The highest BCUT2D eigenvalue weighted by Crippen LogP contribution is 2.56. The van der Waals surface area contributed by atoms with Crippen LogP contribution >= 0.6 is 0 Å². The minimum absolute atomic E-state index is 0.418. The molecule has 3 heteroatoms. The van der Waals surface area contributed by atoms with Crippen LogP contribution < -0.4 is 5.32 Å². The van der Waals surface area contributed by atoms with Crippen molar-refractivity contribution in [1.29, 1.82) is 0 Å². The largest absolute Gasteiger partial charge is 0.338 e. The fourth-order valence-electron chi connectivity index (χ4n) is 4.67. The lowest BCUT2D eigenvalue weighted by Crippen LogP contribution is -2.47. The number of rotatable bonds is 4. The molecular weight excluding hydrogens is 248 g/mol. The minimum Gasteiger partial charge on any atom is -0.338 e. The zero-order chi connectivity index (χ0) is 13.5. The average molecular weight is 276 g/mol. The van der Waals surface area contributed by atoms with Crippen molar-refractivity contribution in [2.75, 3.05) is 13.1 Å². The number of hydrogen-bond acceptors (Lipinski definition) is 2. The van der Waals surface area contributed by atoms with E-state index in [2.05, 4.69) is 10.2 Å². The highest BCUT2D eigenvalue weighted by atomic mass is 16.2. The van der Waals surface area contributed by atoms with Crippen LogP contribution in [0.2, 0.25) is 0 Å². The Morgan fingerprint density at radius 2 is 1.65 bits per heavy atom. The molecule has 3 unspecified atom stereocenters. The molecule has 1 N–H and O–H groups in total. The third-order valence-electron chi connectivity index (χ3n) is 6.04. The van der Waals surface area contributed by atoms with Gasteiger partial charge in [-0.2, -0.15) is 0 Å². The van der Waals surface area contributed by atoms with E-state index in [1.54, 1.807) is 0 Å². The van der Waals surface area contributed by atoms with Gasteiger partial charge in [0, 0.05) is 24.5 Å². The first-order chi connectivity index (χ1) is 9.84. The van der Waals surface area contributed by atoms with Gasteiger partial charge in [-0.1, -0.05) is 19.3 Å². The Labute approximate surface area is 122 Å². The molecule has 0 bridgehead atoms. The van der Waals surface area contributed by atoms with Gasteiger partial charge in [0.15, 0.2) is 0 Å². The Balaban J connectivity index is 1.39. The van der Waals surface area contributed by atoms with Crippen molar-refractivity contribution in [3.63, 3.8) is 0 Å². The van der Waals surface area contributed by atoms with Crippen molar-refractivity contribution in [3.05, 3.63) is 0 Å². The van der Waals surface area contributed by atoms with Crippen LogP contribution in [0.25, 0.3) is 0 Å². The lowest BCUT2D eigenvalue weighted by Gasteiger charge is -2.31. The van der Waals surface area contributed by atoms with Crippen LogP contribution in [0.1, 0.15) is 57.8 Å². The molecule has 112 valence electrons. The van der Waals surface area contributed by atoms with Crippen molar-refractivity contribution >= 4 is 5.91 Å². The van der Waals surface area contributed by atoms with Gasteiger partial charge in [0.2, 0.25) is 5.91 Å². The molecule has 1 heterocycles. The summed E-state index contributed by atoms with van der Waals surface area (Å²) in [5.41, 5.74) is 0. The quantitative estimate of drug-likeness (QED) is 0.856. The molecule has 1 aliphatic heterocycles. The van der Waals surface area contributed by atoms with Crippen LogP contribution in [-0.2, 0) is 4.79 Å². The van der Waals surface area contributed by atoms with E-state index in [0.29, 0.717) is 23.9 Å². The van der Waals surface area contributed by atoms with Gasteiger partial charge in [-0.3, -0.25) is 4.79 Å². The Hall–Kier alpha value is -0.570. The van der Waals surface area contributed by atoms with E-state index in [0.717, 1.165) is 24.9 Å². The predicted molar refractivity (Wildman–Crippen MR) is 79.3 cm³/mol. The summed E-state index contributed by atoms with van der Waals surface area (Å²) in [5, 5.41) is 3.62. The molecule has 0 spiro atoms. The standard InChI is InChI=1S/C17H28N2O/c20-17(16-14-6-1-2-7-15(14)16)19(13-8-9-13)11-12-5-3-4-10-18-12/h12-16,18H,1-11H2. The van der Waals surface area contributed by atoms with Crippen LogP contribution in [0.4, 0.5) is 0 Å². The average Bonchev–Trinajstić information content (AvgIpc) is 3.38. The second-order valence-corrected chi connectivity index (χ2v) is 7.51. The topological polar surface area (TPSA) is 32.3 Å². The monoisotopic (exact) mass is 276 g/mol. The van der Waals surface area contributed by atoms with E-state index in [9.17, 15) is 4.79 Å². The second-order valence-electron chi connectivity index (χ2n) is 7.51. The summed E-state index contributed by atoms with van der Waals surface area (Å²) in [4.78, 5) is 15.2. The number of piperidine rings is 1. The third kappa shape index (κ3) is 2.49. The zero-order valence-electron chi connectivity index (χ0n) is 12.5. The molecule has 1 amide bonds. The van der Waals surface area contributed by atoms with Crippen LogP contribution in [-0.4, -0.2) is 36.0 Å². The molecule has 3 nitrogen and oxygen atoms in total. The molecule has 0 aromatic rings. The molecule has 0 aromatic carbocycles. The molecule has 4 rings (SSSR count). The molecule has 0 aromatic heterocycles. The normalized spacial score (nSPS) is 40.0. The van der Waals surface area contributed by atoms with Crippen LogP contribution in [0, 0.1) is 17.8 Å². The summed E-state index contributed by atoms with van der Waals surface area (Å²) >= 11 is 0. The minimum atomic E-state index is 0.418. The Morgan fingerprint density at radius 1 is 0.950 bits per heavy atom. The van der Waals surface area contributed by atoms with E-state index in [-0.39, 0.29) is 0 Å². The summed E-state index contributed by atoms with van der Waals surface area (Å²) in [6.07, 6.45) is 11.8. The van der Waals surface area contributed by atoms with Gasteiger partial charge < -0.3 is 10.2 Å². The van der Waals surface area contributed by atoms with Crippen molar-refractivity contribution in [2.24, 2.45) is 17.8 Å². The maximum Gasteiger partial charge on any atom is 0.226 e. The van der Waals surface area contributed by atoms with E-state index >= 15 is 0 Å². The lowest BCUT2D eigenvalue weighted by atomic mass is 10.0. The Bertz CT molecular complexity index is 361. The van der Waals surface area contributed by atoms with E-state index in [4.69, 9.17) is 0 Å². The Morgan fingerprint density at radius 3 is 2.25 bits per heavy atom. The van der Waals surface area contributed by atoms with Gasteiger partial charge in [-0.25, -0.2) is 0 Å². The number of fused-ring (bicyclic) bond motifs is 1. The maximum atomic E-state index is 12.9. The lowest BCUT2D eigenvalue weighted by molar-refractivity contribution is -0.134. The molecule has 0 radical (unpaired) electrons. The first-order valence-corrected chi connectivity index (χ1v) is 8.88. The number of nitrogens with one attached hydrogen (secondary N) is 1. The molecule has 4 aliphatic rings. The third-order valence-corrected chi connectivity index (χ3v) is 6.04. The molecule has 1 saturated heterocycles. The molecule has 3 saturated carbocycles. The maximum absolute atomic E-state index is 12.9. The SMILES string of the molecule is O=C(C1C2CCCCC21)N(CC1CCCCN1)C1CC1. The molecule has 3 atom stereocenters. The molecule has 20 heavy (non-hydrogen) atoms. The molecule has 3 aliphatic carbocycles. The summed E-state index contributed by atoms with van der Waals surface area (Å²) in [6.45, 7) is 2.13. The van der Waals surface area contributed by atoms with Gasteiger partial charge in [0.1, 0.15) is 0 Å². The number of amides is 1. The fraction of sp³-hybridized carbons (Fsp3) is 0.941. The number of nitrogens with zero attached hydrogens (tertiary/aromatic N) is 1. The second kappa shape index (κ2) is 5.32. The summed E-state index contributed by atoms with van der Waals surface area (Å²) in [6, 6.07) is 1.16. The van der Waals surface area contributed by atoms with Crippen molar-refractivity contribution < 1.29 is 4.79 Å². The van der Waals surface area contributed by atoms with Gasteiger partial charge in [-0.05, 0) is 56.9 Å². The van der Waals surface area contributed by atoms with E-state index < -0.39 is 0 Å². The molecule has 4 fully saturated rings. The summed E-state index contributed by atoms with van der Waals surface area (Å²) in [7, 11) is 0. The predicted octanol–water partition coefficient (Wildman–Crippen LogP) is 2.56.